The molecule has 4 heterocycles. The lowest BCUT2D eigenvalue weighted by Gasteiger charge is -2.39. The first-order valence-electron chi connectivity index (χ1n) is 17.3. The largest absolute Gasteiger partial charge is 0.473 e. The summed E-state index contributed by atoms with van der Waals surface area (Å²) in [5, 5.41) is 30.4. The van der Waals surface area contributed by atoms with Crippen LogP contribution in [-0.4, -0.2) is 113 Å². The molecule has 6 rings (SSSR count). The highest BCUT2D eigenvalue weighted by molar-refractivity contribution is 6.27. The van der Waals surface area contributed by atoms with Crippen molar-refractivity contribution in [2.75, 3.05) is 31.6 Å². The Morgan fingerprint density at radius 1 is 0.831 bits per heavy atom. The molecule has 1 fully saturated rings. The highest BCUT2D eigenvalue weighted by Crippen LogP contribution is 2.31. The van der Waals surface area contributed by atoms with E-state index in [-0.39, 0.29) is 23.4 Å². The third kappa shape index (κ3) is 11.8. The lowest BCUT2D eigenvalue weighted by atomic mass is 10.1. The third-order valence-electron chi connectivity index (χ3n) is 8.78. The Kier molecular flexibility index (Phi) is 14.4. The van der Waals surface area contributed by atoms with Crippen LogP contribution >= 0.6 is 0 Å². The number of nitrogens with zero attached hydrogens (tertiary/aromatic N) is 6. The molecule has 59 heavy (non-hydrogen) atoms. The first-order valence-corrected chi connectivity index (χ1v) is 17.3. The third-order valence-corrected chi connectivity index (χ3v) is 8.78. The van der Waals surface area contributed by atoms with Crippen molar-refractivity contribution in [2.45, 2.75) is 25.7 Å². The molecule has 2 aromatic carbocycles. The van der Waals surface area contributed by atoms with Crippen molar-refractivity contribution in [1.82, 2.24) is 24.3 Å². The topological polar surface area (TPSA) is 233 Å². The number of alkyl halides is 3. The number of anilines is 1. The molecule has 17 nitrogen and oxygen atoms in total. The summed E-state index contributed by atoms with van der Waals surface area (Å²) in [6.07, 6.45) is -1.23. The summed E-state index contributed by atoms with van der Waals surface area (Å²) in [5.41, 5.74) is 2.22. The standard InChI is InChI=1S/C35H33F3N6O3.2C2H2O4/c1-23-21-43(22-27-6-4-5-15-39-27)16-17-44(23)34(46)31-19-25-18-29(12-13-30(25)42(31)3)47-32-14-11-28(20-40-32)41(2)33(45)24-7-9-26(10-8-24)35(36,37)38;2*3-1(4)2(5)6/h4-15,18-20,23H,16-17,21-22H2,1-3H3;2*(H,3,4)(H,5,6)/t23-;;/m1../s1. The van der Waals surface area contributed by atoms with Crippen molar-refractivity contribution >= 4 is 52.3 Å². The van der Waals surface area contributed by atoms with Gasteiger partial charge in [-0.05, 0) is 73.7 Å². The Balaban J connectivity index is 0.000000561. The second-order valence-electron chi connectivity index (χ2n) is 12.8. The number of carbonyl (C=O) groups is 6. The van der Waals surface area contributed by atoms with Gasteiger partial charge in [0, 0.05) is 75.0 Å². The molecule has 1 saturated heterocycles. The molecular formula is C39H37F3N6O11. The van der Waals surface area contributed by atoms with Gasteiger partial charge < -0.3 is 39.5 Å². The minimum Gasteiger partial charge on any atom is -0.473 e. The summed E-state index contributed by atoms with van der Waals surface area (Å²) in [4.78, 5) is 77.2. The van der Waals surface area contributed by atoms with E-state index in [1.54, 1.807) is 24.4 Å². The van der Waals surface area contributed by atoms with Gasteiger partial charge in [0.1, 0.15) is 11.4 Å². The first-order chi connectivity index (χ1) is 27.8. The van der Waals surface area contributed by atoms with E-state index in [2.05, 4.69) is 21.8 Å². The van der Waals surface area contributed by atoms with Crippen LogP contribution in [0.5, 0.6) is 11.6 Å². The van der Waals surface area contributed by atoms with Gasteiger partial charge >= 0.3 is 30.1 Å². The van der Waals surface area contributed by atoms with Crippen LogP contribution in [0.25, 0.3) is 10.9 Å². The average molecular weight is 823 g/mol. The van der Waals surface area contributed by atoms with E-state index in [0.29, 0.717) is 23.7 Å². The number of hydrogen-bond donors (Lipinski definition) is 4. The molecule has 0 unspecified atom stereocenters. The van der Waals surface area contributed by atoms with Gasteiger partial charge in [-0.3, -0.25) is 19.5 Å². The van der Waals surface area contributed by atoms with Crippen LogP contribution in [0.1, 0.15) is 39.0 Å². The number of carboxylic acids is 4. The van der Waals surface area contributed by atoms with Crippen LogP contribution in [0, 0.1) is 0 Å². The number of aryl methyl sites for hydroxylation is 1. The highest BCUT2D eigenvalue weighted by Gasteiger charge is 2.31. The fourth-order valence-corrected chi connectivity index (χ4v) is 5.81. The van der Waals surface area contributed by atoms with Crippen molar-refractivity contribution < 1.29 is 67.1 Å². The first kappa shape index (κ1) is 44.4. The number of rotatable bonds is 7. The maximum atomic E-state index is 13.7. The van der Waals surface area contributed by atoms with Crippen LogP contribution < -0.4 is 9.64 Å². The van der Waals surface area contributed by atoms with Crippen LogP contribution in [0.3, 0.4) is 0 Å². The Bertz CT molecular complexity index is 2270. The fourth-order valence-electron chi connectivity index (χ4n) is 5.81. The SMILES string of the molecule is C[C@@H]1CN(Cc2ccccn2)CCN1C(=O)c1cc2cc(Oc3ccc(N(C)C(=O)c4ccc(C(F)(F)F)cc4)cn3)ccc2n1C.O=C(O)C(=O)O.O=C(O)C(=O)O. The minimum absolute atomic E-state index is 0.0247. The molecule has 0 aliphatic carbocycles. The smallest absolute Gasteiger partial charge is 0.416 e. The van der Waals surface area contributed by atoms with Crippen LogP contribution in [0.2, 0.25) is 0 Å². The molecule has 0 bridgehead atoms. The molecule has 0 spiro atoms. The van der Waals surface area contributed by atoms with Crippen molar-refractivity contribution in [2.24, 2.45) is 7.05 Å². The van der Waals surface area contributed by atoms with E-state index < -0.39 is 41.5 Å². The molecule has 310 valence electrons. The maximum Gasteiger partial charge on any atom is 0.416 e. The number of benzene rings is 2. The van der Waals surface area contributed by atoms with E-state index >= 15 is 0 Å². The van der Waals surface area contributed by atoms with E-state index in [1.165, 1.54) is 18.1 Å². The quantitative estimate of drug-likeness (QED) is 0.163. The lowest BCUT2D eigenvalue weighted by molar-refractivity contribution is -0.159. The number of carbonyl (C=O) groups excluding carboxylic acids is 2. The van der Waals surface area contributed by atoms with Gasteiger partial charge in [0.2, 0.25) is 5.88 Å². The lowest BCUT2D eigenvalue weighted by Crippen LogP contribution is -2.53. The summed E-state index contributed by atoms with van der Waals surface area (Å²) < 4.78 is 46.5. The monoisotopic (exact) mass is 822 g/mol. The molecule has 20 heteroatoms. The molecule has 4 N–H and O–H groups in total. The minimum atomic E-state index is -4.48. The summed E-state index contributed by atoms with van der Waals surface area (Å²) >= 11 is 0. The predicted molar refractivity (Wildman–Crippen MR) is 202 cm³/mol. The Morgan fingerprint density at radius 2 is 1.47 bits per heavy atom. The summed E-state index contributed by atoms with van der Waals surface area (Å²) in [5.74, 6) is -6.99. The van der Waals surface area contributed by atoms with Crippen molar-refractivity contribution in [3.05, 3.63) is 114 Å². The molecule has 1 aliphatic heterocycles. The number of ether oxygens (including phenoxy) is 1. The van der Waals surface area contributed by atoms with Gasteiger partial charge in [0.05, 0.1) is 23.1 Å². The molecule has 0 radical (unpaired) electrons. The maximum absolute atomic E-state index is 13.7. The second-order valence-corrected chi connectivity index (χ2v) is 12.8. The summed E-state index contributed by atoms with van der Waals surface area (Å²) in [7, 11) is 3.39. The molecule has 2 amide bonds. The van der Waals surface area contributed by atoms with Gasteiger partial charge in [-0.15, -0.1) is 0 Å². The van der Waals surface area contributed by atoms with Gasteiger partial charge in [0.25, 0.3) is 11.8 Å². The summed E-state index contributed by atoms with van der Waals surface area (Å²) in [6.45, 7) is 4.96. The molecule has 1 aliphatic rings. The van der Waals surface area contributed by atoms with Gasteiger partial charge in [-0.2, -0.15) is 13.2 Å². The highest BCUT2D eigenvalue weighted by atomic mass is 19.4. The zero-order chi connectivity index (χ0) is 43.6. The molecule has 5 aromatic rings. The number of aliphatic carboxylic acids is 4. The fraction of sp³-hybridized carbons (Fsp3) is 0.231. The Morgan fingerprint density at radius 3 is 2.00 bits per heavy atom. The van der Waals surface area contributed by atoms with E-state index in [1.807, 2.05) is 52.9 Å². The number of aromatic nitrogens is 3. The van der Waals surface area contributed by atoms with Crippen molar-refractivity contribution in [1.29, 1.82) is 0 Å². The molecule has 1 atom stereocenters. The normalized spacial score (nSPS) is 13.9. The number of hydrogen-bond acceptors (Lipinski definition) is 10. The number of pyridine rings is 2. The van der Waals surface area contributed by atoms with Crippen LogP contribution in [-0.2, 0) is 38.9 Å². The predicted octanol–water partition coefficient (Wildman–Crippen LogP) is 4.71. The zero-order valence-corrected chi connectivity index (χ0v) is 31.5. The Labute approximate surface area is 333 Å². The van der Waals surface area contributed by atoms with Crippen molar-refractivity contribution in [3.8, 4) is 11.6 Å². The van der Waals surface area contributed by atoms with E-state index in [9.17, 15) is 22.8 Å². The second kappa shape index (κ2) is 19.2. The number of fused-ring (bicyclic) bond motifs is 1. The average Bonchev–Trinajstić information content (AvgIpc) is 3.53. The van der Waals surface area contributed by atoms with E-state index in [4.69, 9.17) is 44.3 Å². The number of piperazine rings is 1. The van der Waals surface area contributed by atoms with Crippen molar-refractivity contribution in [3.63, 3.8) is 0 Å². The van der Waals surface area contributed by atoms with Gasteiger partial charge in [-0.1, -0.05) is 6.07 Å². The van der Waals surface area contributed by atoms with Crippen LogP contribution in [0.4, 0.5) is 18.9 Å². The summed E-state index contributed by atoms with van der Waals surface area (Å²) in [6, 6.07) is 20.6. The number of carboxylic acid groups (broad SMARTS) is 4. The number of amides is 2. The van der Waals surface area contributed by atoms with E-state index in [0.717, 1.165) is 60.5 Å². The molecular weight excluding hydrogens is 785 g/mol. The number of halogens is 3. The van der Waals surface area contributed by atoms with Crippen LogP contribution in [0.15, 0.2) is 91.3 Å². The molecule has 0 saturated carbocycles. The van der Waals surface area contributed by atoms with Gasteiger partial charge in [0.15, 0.2) is 0 Å². The van der Waals surface area contributed by atoms with Gasteiger partial charge in [-0.25, -0.2) is 24.2 Å². The Hall–Kier alpha value is -7.35. The zero-order valence-electron chi connectivity index (χ0n) is 31.5. The molecule has 3 aromatic heterocycles.